The van der Waals surface area contributed by atoms with E-state index >= 15 is 0 Å². The van der Waals surface area contributed by atoms with Gasteiger partial charge in [-0.1, -0.05) is 72.6 Å². The van der Waals surface area contributed by atoms with Gasteiger partial charge in [-0.25, -0.2) is 8.42 Å². The molecule has 0 heterocycles. The van der Waals surface area contributed by atoms with E-state index in [0.29, 0.717) is 16.3 Å². The molecule has 7 nitrogen and oxygen atoms in total. The Morgan fingerprint density at radius 1 is 0.949 bits per heavy atom. The molecule has 2 amide bonds. The van der Waals surface area contributed by atoms with Crippen LogP contribution in [0.4, 0.5) is 5.69 Å². The highest BCUT2D eigenvalue weighted by Gasteiger charge is 2.33. The fourth-order valence-electron chi connectivity index (χ4n) is 4.14. The molecule has 0 aliphatic heterocycles. The number of aryl methyl sites for hydroxylation is 2. The molecule has 208 valence electrons. The summed E-state index contributed by atoms with van der Waals surface area (Å²) in [6.45, 7) is 8.86. The molecule has 0 saturated heterocycles. The Labute approximate surface area is 236 Å². The van der Waals surface area contributed by atoms with Gasteiger partial charge in [0.1, 0.15) is 12.6 Å². The molecule has 9 heteroatoms. The molecule has 3 rings (SSSR count). The predicted octanol–water partition coefficient (Wildman–Crippen LogP) is 5.48. The smallest absolute Gasteiger partial charge is 0.264 e. The predicted molar refractivity (Wildman–Crippen MR) is 156 cm³/mol. The molecule has 0 spiro atoms. The minimum atomic E-state index is -4.14. The van der Waals surface area contributed by atoms with Gasteiger partial charge in [-0.05, 0) is 69.5 Å². The van der Waals surface area contributed by atoms with Gasteiger partial charge in [-0.3, -0.25) is 13.9 Å². The zero-order chi connectivity index (χ0) is 28.7. The highest BCUT2D eigenvalue weighted by atomic mass is 35.5. The molecule has 3 aromatic carbocycles. The van der Waals surface area contributed by atoms with E-state index in [0.717, 1.165) is 21.9 Å². The zero-order valence-corrected chi connectivity index (χ0v) is 24.6. The van der Waals surface area contributed by atoms with E-state index in [2.05, 4.69) is 5.32 Å². The number of rotatable bonds is 11. The highest BCUT2D eigenvalue weighted by Crippen LogP contribution is 2.30. The van der Waals surface area contributed by atoms with E-state index in [1.54, 1.807) is 44.2 Å². The van der Waals surface area contributed by atoms with Crippen molar-refractivity contribution in [2.45, 2.75) is 64.6 Å². The maximum atomic E-state index is 14.0. The third-order valence-corrected chi connectivity index (χ3v) is 8.66. The lowest BCUT2D eigenvalue weighted by Gasteiger charge is -2.33. The number of amides is 2. The largest absolute Gasteiger partial charge is 0.352 e. The van der Waals surface area contributed by atoms with Crippen molar-refractivity contribution >= 4 is 39.1 Å². The van der Waals surface area contributed by atoms with Crippen molar-refractivity contribution in [3.05, 3.63) is 94.5 Å². The lowest BCUT2D eigenvalue weighted by molar-refractivity contribution is -0.139. The van der Waals surface area contributed by atoms with Crippen molar-refractivity contribution in [3.8, 4) is 0 Å². The molecule has 1 N–H and O–H groups in total. The average molecular weight is 570 g/mol. The van der Waals surface area contributed by atoms with Crippen LogP contribution in [0.25, 0.3) is 0 Å². The van der Waals surface area contributed by atoms with Gasteiger partial charge in [-0.15, -0.1) is 0 Å². The first-order valence-corrected chi connectivity index (χ1v) is 14.7. The number of carbonyl (C=O) groups is 2. The van der Waals surface area contributed by atoms with Gasteiger partial charge in [0.15, 0.2) is 0 Å². The third kappa shape index (κ3) is 7.61. The normalized spacial score (nSPS) is 12.9. The van der Waals surface area contributed by atoms with E-state index < -0.39 is 28.5 Å². The molecule has 0 saturated carbocycles. The van der Waals surface area contributed by atoms with Gasteiger partial charge in [-0.2, -0.15) is 0 Å². The summed E-state index contributed by atoms with van der Waals surface area (Å²) in [5.41, 5.74) is 2.79. The monoisotopic (exact) mass is 569 g/mol. The van der Waals surface area contributed by atoms with Crippen molar-refractivity contribution in [1.29, 1.82) is 0 Å². The SMILES string of the molecule is CC[C@H](C)NC(=O)[C@H](C)N(Cc1cccc(C)c1)C(=O)CN(c1cc(Cl)ccc1C)S(=O)(=O)c1ccccc1. The molecule has 0 radical (unpaired) electrons. The Bertz CT molecular complexity index is 1410. The number of sulfonamides is 1. The van der Waals surface area contributed by atoms with Gasteiger partial charge in [0.05, 0.1) is 10.6 Å². The first-order chi connectivity index (χ1) is 18.4. The first-order valence-electron chi connectivity index (χ1n) is 12.9. The van der Waals surface area contributed by atoms with Crippen LogP contribution in [0.1, 0.15) is 43.9 Å². The van der Waals surface area contributed by atoms with E-state index in [4.69, 9.17) is 11.6 Å². The second-order valence-electron chi connectivity index (χ2n) is 9.76. The van der Waals surface area contributed by atoms with Crippen LogP contribution in [-0.4, -0.2) is 43.8 Å². The van der Waals surface area contributed by atoms with Crippen molar-refractivity contribution in [2.24, 2.45) is 0 Å². The number of carbonyl (C=O) groups excluding carboxylic acids is 2. The van der Waals surface area contributed by atoms with Crippen LogP contribution < -0.4 is 9.62 Å². The Morgan fingerprint density at radius 3 is 2.28 bits per heavy atom. The number of hydrogen-bond donors (Lipinski definition) is 1. The summed E-state index contributed by atoms with van der Waals surface area (Å²) in [6, 6.07) is 19.6. The van der Waals surface area contributed by atoms with Crippen LogP contribution in [0.2, 0.25) is 5.02 Å². The lowest BCUT2D eigenvalue weighted by Crippen LogP contribution is -2.52. The van der Waals surface area contributed by atoms with Crippen LogP contribution in [0.15, 0.2) is 77.7 Å². The molecule has 0 aliphatic carbocycles. The van der Waals surface area contributed by atoms with Crippen molar-refractivity contribution in [1.82, 2.24) is 10.2 Å². The topological polar surface area (TPSA) is 86.8 Å². The third-order valence-electron chi connectivity index (χ3n) is 6.65. The van der Waals surface area contributed by atoms with Crippen LogP contribution in [0, 0.1) is 13.8 Å². The second kappa shape index (κ2) is 13.1. The molecule has 3 aromatic rings. The van der Waals surface area contributed by atoms with Gasteiger partial charge < -0.3 is 10.2 Å². The molecule has 2 atom stereocenters. The summed E-state index contributed by atoms with van der Waals surface area (Å²) in [5, 5.41) is 3.28. The molecule has 0 fully saturated rings. The first kappa shape index (κ1) is 30.2. The van der Waals surface area contributed by atoms with Crippen molar-refractivity contribution in [2.75, 3.05) is 10.8 Å². The maximum Gasteiger partial charge on any atom is 0.264 e. The number of nitrogens with zero attached hydrogens (tertiary/aromatic N) is 2. The van der Waals surface area contributed by atoms with Crippen LogP contribution >= 0.6 is 11.6 Å². The van der Waals surface area contributed by atoms with Crippen LogP contribution in [0.3, 0.4) is 0 Å². The lowest BCUT2D eigenvalue weighted by atomic mass is 10.1. The van der Waals surface area contributed by atoms with Crippen LogP contribution in [-0.2, 0) is 26.2 Å². The van der Waals surface area contributed by atoms with Gasteiger partial charge in [0.25, 0.3) is 10.0 Å². The molecule has 0 aromatic heterocycles. The Morgan fingerprint density at radius 2 is 1.64 bits per heavy atom. The average Bonchev–Trinajstić information content (AvgIpc) is 2.91. The fourth-order valence-corrected chi connectivity index (χ4v) is 5.80. The summed E-state index contributed by atoms with van der Waals surface area (Å²) in [7, 11) is -4.14. The fraction of sp³-hybridized carbons (Fsp3) is 0.333. The molecule has 0 unspecified atom stereocenters. The number of hydrogen-bond acceptors (Lipinski definition) is 4. The number of halogens is 1. The summed E-state index contributed by atoms with van der Waals surface area (Å²) < 4.78 is 28.8. The minimum absolute atomic E-state index is 0.0463. The molecular weight excluding hydrogens is 534 g/mol. The Kier molecular flexibility index (Phi) is 10.2. The molecular formula is C30H36ClN3O4S. The summed E-state index contributed by atoms with van der Waals surface area (Å²) >= 11 is 6.26. The maximum absolute atomic E-state index is 14.0. The molecule has 0 aliphatic rings. The van der Waals surface area contributed by atoms with Crippen molar-refractivity contribution < 1.29 is 18.0 Å². The Balaban J connectivity index is 2.06. The van der Waals surface area contributed by atoms with Gasteiger partial charge in [0, 0.05) is 17.6 Å². The number of benzene rings is 3. The molecule has 0 bridgehead atoms. The van der Waals surface area contributed by atoms with E-state index in [1.807, 2.05) is 45.0 Å². The number of anilines is 1. The Hall–Kier alpha value is -3.36. The molecule has 39 heavy (non-hydrogen) atoms. The van der Waals surface area contributed by atoms with Gasteiger partial charge in [0.2, 0.25) is 11.8 Å². The van der Waals surface area contributed by atoms with Crippen molar-refractivity contribution in [3.63, 3.8) is 0 Å². The summed E-state index contributed by atoms with van der Waals surface area (Å²) in [6.07, 6.45) is 0.738. The summed E-state index contributed by atoms with van der Waals surface area (Å²) in [5.74, 6) is -0.816. The van der Waals surface area contributed by atoms with Crippen LogP contribution in [0.5, 0.6) is 0 Å². The number of nitrogens with one attached hydrogen (secondary N) is 1. The quantitative estimate of drug-likeness (QED) is 0.331. The van der Waals surface area contributed by atoms with E-state index in [9.17, 15) is 18.0 Å². The second-order valence-corrected chi connectivity index (χ2v) is 12.1. The van der Waals surface area contributed by atoms with E-state index in [1.165, 1.54) is 23.1 Å². The van der Waals surface area contributed by atoms with E-state index in [-0.39, 0.29) is 23.4 Å². The minimum Gasteiger partial charge on any atom is -0.352 e. The highest BCUT2D eigenvalue weighted by molar-refractivity contribution is 7.92. The summed E-state index contributed by atoms with van der Waals surface area (Å²) in [4.78, 5) is 28.6. The van der Waals surface area contributed by atoms with Gasteiger partial charge >= 0.3 is 0 Å². The zero-order valence-electron chi connectivity index (χ0n) is 23.0. The standard InChI is InChI=1S/C30H36ClN3O4S/c1-6-23(4)32-30(36)24(5)33(19-25-12-10-11-21(2)17-25)29(35)20-34(28-18-26(31)16-15-22(28)3)39(37,38)27-13-8-7-9-14-27/h7-18,23-24H,6,19-20H2,1-5H3,(H,32,36)/t23-,24-/m0/s1.